The second kappa shape index (κ2) is 2.15. The summed E-state index contributed by atoms with van der Waals surface area (Å²) in [5, 5.41) is 0. The number of allylic oxidation sites excluding steroid dienone is 3. The SMILES string of the molecule is CN1CC=CC=C1C1CC1. The molecule has 1 aliphatic carbocycles. The highest BCUT2D eigenvalue weighted by atomic mass is 15.1. The Morgan fingerprint density at radius 2 is 2.30 bits per heavy atom. The number of likely N-dealkylation sites (N-methyl/N-ethyl adjacent to an activating group) is 1. The molecular weight excluding hydrogens is 122 g/mol. The van der Waals surface area contributed by atoms with Crippen LogP contribution in [-0.4, -0.2) is 18.5 Å². The molecule has 0 radical (unpaired) electrons. The maximum atomic E-state index is 2.34. The highest BCUT2D eigenvalue weighted by Crippen LogP contribution is 2.38. The van der Waals surface area contributed by atoms with Gasteiger partial charge in [-0.3, -0.25) is 0 Å². The predicted octanol–water partition coefficient (Wildman–Crippen LogP) is 1.78. The van der Waals surface area contributed by atoms with E-state index >= 15 is 0 Å². The van der Waals surface area contributed by atoms with Crippen LogP contribution in [0.15, 0.2) is 23.9 Å². The fourth-order valence-corrected chi connectivity index (χ4v) is 1.45. The van der Waals surface area contributed by atoms with Crippen molar-refractivity contribution < 1.29 is 0 Å². The van der Waals surface area contributed by atoms with Gasteiger partial charge in [-0.25, -0.2) is 0 Å². The van der Waals surface area contributed by atoms with Gasteiger partial charge in [-0.1, -0.05) is 12.2 Å². The van der Waals surface area contributed by atoms with Crippen molar-refractivity contribution in [3.8, 4) is 0 Å². The molecule has 0 unspecified atom stereocenters. The molecule has 1 fully saturated rings. The van der Waals surface area contributed by atoms with Crippen LogP contribution in [-0.2, 0) is 0 Å². The summed E-state index contributed by atoms with van der Waals surface area (Å²) in [6.07, 6.45) is 9.44. The van der Waals surface area contributed by atoms with Gasteiger partial charge < -0.3 is 4.90 Å². The standard InChI is InChI=1S/C9H13N/c1-10-7-3-2-4-9(10)8-5-6-8/h2-4,8H,5-7H2,1H3. The minimum atomic E-state index is 0.898. The molecule has 0 aromatic rings. The third kappa shape index (κ3) is 0.962. The van der Waals surface area contributed by atoms with Crippen molar-refractivity contribution in [3.63, 3.8) is 0 Å². The van der Waals surface area contributed by atoms with Gasteiger partial charge in [0, 0.05) is 19.3 Å². The Morgan fingerprint density at radius 1 is 1.50 bits per heavy atom. The second-order valence-electron chi connectivity index (χ2n) is 3.17. The quantitative estimate of drug-likeness (QED) is 0.529. The van der Waals surface area contributed by atoms with E-state index < -0.39 is 0 Å². The molecule has 0 aromatic carbocycles. The van der Waals surface area contributed by atoms with E-state index in [1.807, 2.05) is 0 Å². The fraction of sp³-hybridized carbons (Fsp3) is 0.556. The normalized spacial score (nSPS) is 24.9. The molecule has 0 amide bonds. The van der Waals surface area contributed by atoms with Crippen molar-refractivity contribution in [2.24, 2.45) is 5.92 Å². The summed E-state index contributed by atoms with van der Waals surface area (Å²) in [5.74, 6) is 0.898. The van der Waals surface area contributed by atoms with Crippen molar-refractivity contribution in [2.75, 3.05) is 13.6 Å². The highest BCUT2D eigenvalue weighted by Gasteiger charge is 2.28. The Labute approximate surface area is 62.0 Å². The van der Waals surface area contributed by atoms with Crippen LogP contribution >= 0.6 is 0 Å². The molecule has 1 saturated carbocycles. The summed E-state index contributed by atoms with van der Waals surface area (Å²) in [4.78, 5) is 2.34. The average molecular weight is 135 g/mol. The fourth-order valence-electron chi connectivity index (χ4n) is 1.45. The Kier molecular flexibility index (Phi) is 1.30. The zero-order valence-corrected chi connectivity index (χ0v) is 6.38. The van der Waals surface area contributed by atoms with E-state index in [2.05, 4.69) is 30.2 Å². The van der Waals surface area contributed by atoms with Crippen LogP contribution in [0.3, 0.4) is 0 Å². The minimum absolute atomic E-state index is 0.898. The molecule has 2 aliphatic rings. The summed E-state index contributed by atoms with van der Waals surface area (Å²) in [6, 6.07) is 0. The number of hydrogen-bond donors (Lipinski definition) is 0. The Hall–Kier alpha value is -0.720. The maximum absolute atomic E-state index is 2.34. The van der Waals surface area contributed by atoms with E-state index in [4.69, 9.17) is 0 Å². The lowest BCUT2D eigenvalue weighted by Crippen LogP contribution is -2.20. The number of hydrogen-bond acceptors (Lipinski definition) is 1. The Morgan fingerprint density at radius 3 is 2.90 bits per heavy atom. The molecule has 0 aromatic heterocycles. The van der Waals surface area contributed by atoms with Crippen LogP contribution in [0.1, 0.15) is 12.8 Å². The molecule has 2 rings (SSSR count). The monoisotopic (exact) mass is 135 g/mol. The van der Waals surface area contributed by atoms with Crippen molar-refractivity contribution >= 4 is 0 Å². The van der Waals surface area contributed by atoms with Crippen molar-refractivity contribution in [2.45, 2.75) is 12.8 Å². The lowest BCUT2D eigenvalue weighted by Gasteiger charge is -2.23. The second-order valence-corrected chi connectivity index (χ2v) is 3.17. The van der Waals surface area contributed by atoms with Gasteiger partial charge >= 0.3 is 0 Å². The van der Waals surface area contributed by atoms with Gasteiger partial charge in [0.15, 0.2) is 0 Å². The first-order valence-electron chi connectivity index (χ1n) is 3.96. The summed E-state index contributed by atoms with van der Waals surface area (Å²) in [5.41, 5.74) is 1.54. The lowest BCUT2D eigenvalue weighted by molar-refractivity contribution is 0.431. The first kappa shape index (κ1) is 6.02. The van der Waals surface area contributed by atoms with E-state index in [0.29, 0.717) is 0 Å². The summed E-state index contributed by atoms with van der Waals surface area (Å²) in [6.45, 7) is 1.10. The van der Waals surface area contributed by atoms with Gasteiger partial charge in [0.05, 0.1) is 0 Å². The zero-order valence-electron chi connectivity index (χ0n) is 6.38. The van der Waals surface area contributed by atoms with E-state index in [1.54, 1.807) is 5.70 Å². The zero-order chi connectivity index (χ0) is 6.97. The molecule has 0 saturated heterocycles. The largest absolute Gasteiger partial charge is 0.374 e. The van der Waals surface area contributed by atoms with Crippen molar-refractivity contribution in [1.29, 1.82) is 0 Å². The van der Waals surface area contributed by atoms with Gasteiger partial charge in [0.2, 0.25) is 0 Å². The highest BCUT2D eigenvalue weighted by molar-refractivity contribution is 5.22. The van der Waals surface area contributed by atoms with Crippen LogP contribution in [0.25, 0.3) is 0 Å². The molecule has 54 valence electrons. The van der Waals surface area contributed by atoms with E-state index in [0.717, 1.165) is 12.5 Å². The molecule has 1 nitrogen and oxygen atoms in total. The Bertz CT molecular complexity index is 187. The summed E-state index contributed by atoms with van der Waals surface area (Å²) in [7, 11) is 2.17. The molecule has 0 spiro atoms. The van der Waals surface area contributed by atoms with Crippen LogP contribution < -0.4 is 0 Å². The lowest BCUT2D eigenvalue weighted by atomic mass is 10.2. The molecule has 0 N–H and O–H groups in total. The number of rotatable bonds is 1. The summed E-state index contributed by atoms with van der Waals surface area (Å²) >= 11 is 0. The number of nitrogens with zero attached hydrogens (tertiary/aromatic N) is 1. The molecule has 1 aliphatic heterocycles. The van der Waals surface area contributed by atoms with Crippen LogP contribution in [0, 0.1) is 5.92 Å². The van der Waals surface area contributed by atoms with Gasteiger partial charge in [-0.05, 0) is 24.8 Å². The van der Waals surface area contributed by atoms with Gasteiger partial charge in [0.25, 0.3) is 0 Å². The molecular formula is C9H13N. The summed E-state index contributed by atoms with van der Waals surface area (Å²) < 4.78 is 0. The van der Waals surface area contributed by atoms with E-state index in [9.17, 15) is 0 Å². The first-order chi connectivity index (χ1) is 4.88. The third-order valence-electron chi connectivity index (χ3n) is 2.22. The smallest absolute Gasteiger partial charge is 0.0356 e. The van der Waals surface area contributed by atoms with Gasteiger partial charge in [-0.2, -0.15) is 0 Å². The van der Waals surface area contributed by atoms with Crippen LogP contribution in [0.2, 0.25) is 0 Å². The Balaban J connectivity index is 2.14. The molecule has 1 heteroatoms. The minimum Gasteiger partial charge on any atom is -0.374 e. The van der Waals surface area contributed by atoms with Crippen LogP contribution in [0.5, 0.6) is 0 Å². The maximum Gasteiger partial charge on any atom is 0.0356 e. The van der Waals surface area contributed by atoms with Crippen LogP contribution in [0.4, 0.5) is 0 Å². The van der Waals surface area contributed by atoms with E-state index in [1.165, 1.54) is 12.8 Å². The van der Waals surface area contributed by atoms with Crippen molar-refractivity contribution in [3.05, 3.63) is 23.9 Å². The first-order valence-corrected chi connectivity index (χ1v) is 3.96. The topological polar surface area (TPSA) is 3.24 Å². The third-order valence-corrected chi connectivity index (χ3v) is 2.22. The predicted molar refractivity (Wildman–Crippen MR) is 42.6 cm³/mol. The molecule has 10 heavy (non-hydrogen) atoms. The average Bonchev–Trinajstić information content (AvgIpc) is 2.71. The van der Waals surface area contributed by atoms with E-state index in [-0.39, 0.29) is 0 Å². The van der Waals surface area contributed by atoms with Gasteiger partial charge in [-0.15, -0.1) is 0 Å². The van der Waals surface area contributed by atoms with Gasteiger partial charge in [0.1, 0.15) is 0 Å². The molecule has 1 heterocycles. The molecule has 0 bridgehead atoms. The van der Waals surface area contributed by atoms with Crippen molar-refractivity contribution in [1.82, 2.24) is 4.90 Å². The molecule has 0 atom stereocenters.